The molecule has 0 amide bonds. The van der Waals surface area contributed by atoms with Crippen molar-refractivity contribution in [2.24, 2.45) is 17.3 Å². The molecule has 0 spiro atoms. The molecule has 0 aromatic rings. The SMILES string of the molecule is CCOC(=O)[C@@]1(C)[C@@H]2CCC(=O)[C@@H]21. The fourth-order valence-corrected chi connectivity index (χ4v) is 2.65. The van der Waals surface area contributed by atoms with E-state index in [9.17, 15) is 9.59 Å². The van der Waals surface area contributed by atoms with Gasteiger partial charge in [0.1, 0.15) is 5.78 Å². The van der Waals surface area contributed by atoms with Gasteiger partial charge in [0.25, 0.3) is 0 Å². The molecule has 0 aromatic heterocycles. The van der Waals surface area contributed by atoms with Gasteiger partial charge in [0, 0.05) is 12.3 Å². The van der Waals surface area contributed by atoms with E-state index >= 15 is 0 Å². The smallest absolute Gasteiger partial charge is 0.312 e. The highest BCUT2D eigenvalue weighted by atomic mass is 16.5. The van der Waals surface area contributed by atoms with Gasteiger partial charge in [-0.05, 0) is 26.2 Å². The summed E-state index contributed by atoms with van der Waals surface area (Å²) < 4.78 is 4.96. The molecule has 0 saturated heterocycles. The lowest BCUT2D eigenvalue weighted by molar-refractivity contribution is -0.151. The fraction of sp³-hybridized carbons (Fsp3) is 0.800. The molecule has 0 unspecified atom stereocenters. The van der Waals surface area contributed by atoms with Crippen molar-refractivity contribution in [3.8, 4) is 0 Å². The monoisotopic (exact) mass is 182 g/mol. The number of carbonyl (C=O) groups excluding carboxylic acids is 2. The standard InChI is InChI=1S/C10H14O3/c1-3-13-9(12)10(2)6-4-5-7(11)8(6)10/h6,8H,3-5H2,1-2H3/t6-,8-,10+/m1/s1. The minimum absolute atomic E-state index is 0.0217. The molecule has 0 heterocycles. The van der Waals surface area contributed by atoms with Crippen molar-refractivity contribution in [3.63, 3.8) is 0 Å². The van der Waals surface area contributed by atoms with E-state index in [1.165, 1.54) is 0 Å². The van der Waals surface area contributed by atoms with Gasteiger partial charge in [-0.15, -0.1) is 0 Å². The highest BCUT2D eigenvalue weighted by Gasteiger charge is 2.72. The van der Waals surface area contributed by atoms with Gasteiger partial charge in [-0.25, -0.2) is 0 Å². The van der Waals surface area contributed by atoms with E-state index in [1.54, 1.807) is 6.92 Å². The van der Waals surface area contributed by atoms with E-state index in [-0.39, 0.29) is 23.6 Å². The molecule has 72 valence electrons. The molecule has 0 aromatic carbocycles. The van der Waals surface area contributed by atoms with Crippen molar-refractivity contribution in [1.82, 2.24) is 0 Å². The van der Waals surface area contributed by atoms with Gasteiger partial charge in [-0.3, -0.25) is 9.59 Å². The first-order valence-corrected chi connectivity index (χ1v) is 4.82. The Hall–Kier alpha value is -0.860. The summed E-state index contributed by atoms with van der Waals surface area (Å²) in [4.78, 5) is 22.8. The molecular formula is C10H14O3. The Morgan fingerprint density at radius 3 is 2.85 bits per heavy atom. The first kappa shape index (κ1) is 8.73. The van der Waals surface area contributed by atoms with Gasteiger partial charge >= 0.3 is 5.97 Å². The Kier molecular flexibility index (Phi) is 1.72. The van der Waals surface area contributed by atoms with Crippen LogP contribution in [-0.4, -0.2) is 18.4 Å². The summed E-state index contributed by atoms with van der Waals surface area (Å²) >= 11 is 0. The van der Waals surface area contributed by atoms with Gasteiger partial charge in [0.15, 0.2) is 0 Å². The van der Waals surface area contributed by atoms with E-state index in [4.69, 9.17) is 4.74 Å². The maximum atomic E-state index is 11.5. The van der Waals surface area contributed by atoms with Crippen molar-refractivity contribution in [3.05, 3.63) is 0 Å². The number of rotatable bonds is 2. The van der Waals surface area contributed by atoms with Crippen molar-refractivity contribution in [1.29, 1.82) is 0 Å². The van der Waals surface area contributed by atoms with Crippen LogP contribution < -0.4 is 0 Å². The van der Waals surface area contributed by atoms with Gasteiger partial charge in [0.2, 0.25) is 0 Å². The van der Waals surface area contributed by atoms with Crippen molar-refractivity contribution < 1.29 is 14.3 Å². The summed E-state index contributed by atoms with van der Waals surface area (Å²) in [5, 5.41) is 0. The second-order valence-corrected chi connectivity index (χ2v) is 4.09. The normalized spacial score (nSPS) is 41.5. The quantitative estimate of drug-likeness (QED) is 0.602. The third-order valence-electron chi connectivity index (χ3n) is 3.47. The summed E-state index contributed by atoms with van der Waals surface area (Å²) in [6.45, 7) is 4.06. The van der Waals surface area contributed by atoms with Crippen LogP contribution in [0, 0.1) is 17.3 Å². The van der Waals surface area contributed by atoms with E-state index in [2.05, 4.69) is 0 Å². The molecular weight excluding hydrogens is 168 g/mol. The third-order valence-corrected chi connectivity index (χ3v) is 3.47. The largest absolute Gasteiger partial charge is 0.466 e. The Morgan fingerprint density at radius 2 is 2.38 bits per heavy atom. The molecule has 3 heteroatoms. The summed E-state index contributed by atoms with van der Waals surface area (Å²) in [6, 6.07) is 0. The van der Waals surface area contributed by atoms with Gasteiger partial charge in [-0.1, -0.05) is 0 Å². The molecule has 2 aliphatic carbocycles. The van der Waals surface area contributed by atoms with Crippen LogP contribution in [0.15, 0.2) is 0 Å². The molecule has 2 rings (SSSR count). The van der Waals surface area contributed by atoms with Crippen molar-refractivity contribution in [2.45, 2.75) is 26.7 Å². The maximum Gasteiger partial charge on any atom is 0.312 e. The van der Waals surface area contributed by atoms with Gasteiger partial charge in [-0.2, -0.15) is 0 Å². The van der Waals surface area contributed by atoms with Crippen LogP contribution >= 0.6 is 0 Å². The Labute approximate surface area is 77.4 Å². The van der Waals surface area contributed by atoms with Crippen LogP contribution in [0.3, 0.4) is 0 Å². The number of ether oxygens (including phenoxy) is 1. The Morgan fingerprint density at radius 1 is 1.69 bits per heavy atom. The fourth-order valence-electron chi connectivity index (χ4n) is 2.65. The van der Waals surface area contributed by atoms with Crippen LogP contribution in [0.25, 0.3) is 0 Å². The molecule has 3 nitrogen and oxygen atoms in total. The Balaban J connectivity index is 2.09. The lowest BCUT2D eigenvalue weighted by Crippen LogP contribution is -2.23. The van der Waals surface area contributed by atoms with E-state index in [0.29, 0.717) is 13.0 Å². The third kappa shape index (κ3) is 0.960. The lowest BCUT2D eigenvalue weighted by Gasteiger charge is -2.12. The lowest BCUT2D eigenvalue weighted by atomic mass is 9.98. The van der Waals surface area contributed by atoms with E-state index < -0.39 is 5.41 Å². The van der Waals surface area contributed by atoms with Crippen molar-refractivity contribution >= 4 is 11.8 Å². The van der Waals surface area contributed by atoms with E-state index in [1.807, 2.05) is 6.92 Å². The van der Waals surface area contributed by atoms with Crippen LogP contribution in [0.2, 0.25) is 0 Å². The topological polar surface area (TPSA) is 43.4 Å². The van der Waals surface area contributed by atoms with Crippen LogP contribution in [0.4, 0.5) is 0 Å². The number of fused-ring (bicyclic) bond motifs is 1. The summed E-state index contributed by atoms with van der Waals surface area (Å²) in [5.74, 6) is 0.323. The number of carbonyl (C=O) groups is 2. The summed E-state index contributed by atoms with van der Waals surface area (Å²) in [7, 11) is 0. The minimum atomic E-state index is -0.467. The number of hydrogen-bond acceptors (Lipinski definition) is 3. The average molecular weight is 182 g/mol. The predicted octanol–water partition coefficient (Wildman–Crippen LogP) is 1.16. The molecule has 0 N–H and O–H groups in total. The molecule has 0 aliphatic heterocycles. The Bertz CT molecular complexity index is 271. The number of hydrogen-bond donors (Lipinski definition) is 0. The second-order valence-electron chi connectivity index (χ2n) is 4.09. The molecule has 13 heavy (non-hydrogen) atoms. The van der Waals surface area contributed by atoms with E-state index in [0.717, 1.165) is 6.42 Å². The zero-order valence-electron chi connectivity index (χ0n) is 8.00. The molecule has 2 aliphatic rings. The first-order valence-electron chi connectivity index (χ1n) is 4.82. The summed E-state index contributed by atoms with van der Waals surface area (Å²) in [5.41, 5.74) is -0.467. The zero-order chi connectivity index (χ0) is 9.64. The highest BCUT2D eigenvalue weighted by molar-refractivity contribution is 5.97. The maximum absolute atomic E-state index is 11.5. The first-order chi connectivity index (χ1) is 6.12. The highest BCUT2D eigenvalue weighted by Crippen LogP contribution is 2.65. The van der Waals surface area contributed by atoms with Gasteiger partial charge < -0.3 is 4.74 Å². The van der Waals surface area contributed by atoms with Crippen LogP contribution in [0.5, 0.6) is 0 Å². The number of esters is 1. The summed E-state index contributed by atoms with van der Waals surface area (Å²) in [6.07, 6.45) is 1.53. The number of Topliss-reactive ketones (excluding diaryl/α,β-unsaturated/α-hetero) is 1. The van der Waals surface area contributed by atoms with Crippen LogP contribution in [0.1, 0.15) is 26.7 Å². The molecule has 0 bridgehead atoms. The second kappa shape index (κ2) is 2.56. The van der Waals surface area contributed by atoms with Crippen LogP contribution in [-0.2, 0) is 14.3 Å². The molecule has 2 fully saturated rings. The zero-order valence-corrected chi connectivity index (χ0v) is 8.00. The molecule has 0 radical (unpaired) electrons. The van der Waals surface area contributed by atoms with Crippen molar-refractivity contribution in [2.75, 3.05) is 6.61 Å². The predicted molar refractivity (Wildman–Crippen MR) is 46.0 cm³/mol. The average Bonchev–Trinajstić information content (AvgIpc) is 2.47. The van der Waals surface area contributed by atoms with Gasteiger partial charge in [0.05, 0.1) is 12.0 Å². The number of ketones is 1. The minimum Gasteiger partial charge on any atom is -0.466 e. The molecule has 2 saturated carbocycles. The molecule has 3 atom stereocenters.